The third-order valence-corrected chi connectivity index (χ3v) is 14.5. The molecule has 0 spiro atoms. The molecule has 4 nitrogen and oxygen atoms in total. The molecule has 39 heavy (non-hydrogen) atoms. The van der Waals surface area contributed by atoms with Gasteiger partial charge in [0.1, 0.15) is 0 Å². The molecular weight excluding hydrogens is 548 g/mol. The zero-order chi connectivity index (χ0) is 27.1. The lowest BCUT2D eigenvalue weighted by molar-refractivity contribution is -0.690. The van der Waals surface area contributed by atoms with Gasteiger partial charge < -0.3 is 27.2 Å². The van der Waals surface area contributed by atoms with Crippen LogP contribution in [-0.4, -0.2) is 27.9 Å². The molecule has 4 unspecified atom stereocenters. The van der Waals surface area contributed by atoms with Crippen molar-refractivity contribution in [3.8, 4) is 0 Å². The molecule has 218 valence electrons. The van der Waals surface area contributed by atoms with Crippen molar-refractivity contribution in [2.45, 2.75) is 111 Å². The Balaban J connectivity index is 0.00000308. The van der Waals surface area contributed by atoms with E-state index in [9.17, 15) is 10.2 Å². The Morgan fingerprint density at radius 2 is 1.59 bits per heavy atom. The molecule has 0 radical (unpaired) electrons. The van der Waals surface area contributed by atoms with Crippen molar-refractivity contribution in [2.75, 3.05) is 6.61 Å². The number of rotatable bonds is 4. The normalized spacial score (nSPS) is 48.1. The van der Waals surface area contributed by atoms with Gasteiger partial charge in [-0.15, -0.1) is 0 Å². The van der Waals surface area contributed by atoms with Gasteiger partial charge in [0.2, 0.25) is 0 Å². The number of aliphatic hydroxyl groups is 2. The fourth-order valence-corrected chi connectivity index (χ4v) is 12.3. The first-order chi connectivity index (χ1) is 17.9. The van der Waals surface area contributed by atoms with Crippen LogP contribution in [0.25, 0.3) is 0 Å². The van der Waals surface area contributed by atoms with E-state index in [1.807, 2.05) is 12.4 Å². The van der Waals surface area contributed by atoms with E-state index >= 15 is 0 Å². The summed E-state index contributed by atoms with van der Waals surface area (Å²) in [5.74, 6) is 3.00. The zero-order valence-corrected chi connectivity index (χ0v) is 26.7. The van der Waals surface area contributed by atoms with E-state index < -0.39 is 0 Å². The smallest absolute Gasteiger partial charge is 0.187 e. The first-order valence-electron chi connectivity index (χ1n) is 15.7. The van der Waals surface area contributed by atoms with Crippen LogP contribution in [0, 0.1) is 56.7 Å². The van der Waals surface area contributed by atoms with Crippen LogP contribution in [0.15, 0.2) is 36.9 Å². The maximum Gasteiger partial charge on any atom is 0.187 e. The highest BCUT2D eigenvalue weighted by Gasteiger charge is 2.70. The van der Waals surface area contributed by atoms with Crippen LogP contribution >= 0.6 is 0 Å². The Kier molecular flexibility index (Phi) is 7.54. The Hall–Kier alpha value is -0.780. The lowest BCUT2D eigenvalue weighted by Crippen LogP contribution is -3.00. The Morgan fingerprint density at radius 3 is 2.28 bits per heavy atom. The number of aromatic nitrogens is 2. The van der Waals surface area contributed by atoms with Crippen molar-refractivity contribution < 1.29 is 31.8 Å². The van der Waals surface area contributed by atoms with Gasteiger partial charge in [0.25, 0.3) is 0 Å². The summed E-state index contributed by atoms with van der Waals surface area (Å²) >= 11 is 0. The second-order valence-electron chi connectivity index (χ2n) is 15.8. The van der Waals surface area contributed by atoms with Crippen LogP contribution in [0.3, 0.4) is 0 Å². The van der Waals surface area contributed by atoms with Gasteiger partial charge in [0.05, 0.1) is 18.5 Å². The van der Waals surface area contributed by atoms with Crippen molar-refractivity contribution in [2.24, 2.45) is 56.7 Å². The highest BCUT2D eigenvalue weighted by molar-refractivity contribution is 5.21. The molecule has 6 rings (SSSR count). The summed E-state index contributed by atoms with van der Waals surface area (Å²) < 4.78 is 2.22. The molecule has 5 fully saturated rings. The summed E-state index contributed by atoms with van der Waals surface area (Å²) in [5.41, 5.74) is 2.34. The van der Waals surface area contributed by atoms with Crippen molar-refractivity contribution in [3.05, 3.63) is 36.9 Å². The third kappa shape index (κ3) is 4.02. The van der Waals surface area contributed by atoms with E-state index in [1.54, 1.807) is 0 Å². The predicted octanol–water partition coefficient (Wildman–Crippen LogP) is 3.36. The highest BCUT2D eigenvalue weighted by Crippen LogP contribution is 2.77. The monoisotopic (exact) mass is 600 g/mol. The number of allylic oxidation sites excluding steroid dienone is 1. The fraction of sp³-hybridized carbons (Fsp3) is 0.824. The molecular formula is C34H53BrN2O2. The van der Waals surface area contributed by atoms with E-state index in [2.05, 4.69) is 63.1 Å². The van der Waals surface area contributed by atoms with Gasteiger partial charge in [0.15, 0.2) is 18.9 Å². The molecule has 1 aromatic rings. The largest absolute Gasteiger partial charge is 1.00 e. The molecule has 1 aromatic heterocycles. The molecule has 0 bridgehead atoms. The summed E-state index contributed by atoms with van der Waals surface area (Å²) in [6.45, 7) is 18.5. The second-order valence-corrected chi connectivity index (χ2v) is 15.8. The van der Waals surface area contributed by atoms with Crippen molar-refractivity contribution >= 4 is 0 Å². The molecule has 5 saturated carbocycles. The molecule has 5 aliphatic rings. The Morgan fingerprint density at radius 1 is 0.872 bits per heavy atom. The van der Waals surface area contributed by atoms with E-state index in [-0.39, 0.29) is 33.9 Å². The molecule has 10 atom stereocenters. The minimum atomic E-state index is -0.166. The van der Waals surface area contributed by atoms with Crippen LogP contribution in [0.5, 0.6) is 0 Å². The topological polar surface area (TPSA) is 57.2 Å². The van der Waals surface area contributed by atoms with Gasteiger partial charge >= 0.3 is 0 Å². The number of fused-ring (bicyclic) bond motifs is 7. The second kappa shape index (κ2) is 9.90. The van der Waals surface area contributed by atoms with E-state index in [4.69, 9.17) is 0 Å². The fourth-order valence-electron chi connectivity index (χ4n) is 12.3. The number of nitrogens with zero attached hydrogens (tertiary/aromatic N) is 2. The molecule has 5 aliphatic carbocycles. The molecule has 0 aromatic carbocycles. The molecule has 0 aliphatic heterocycles. The molecule has 2 N–H and O–H groups in total. The molecule has 5 heteroatoms. The van der Waals surface area contributed by atoms with E-state index in [0.717, 1.165) is 25.3 Å². The van der Waals surface area contributed by atoms with Crippen LogP contribution in [0.4, 0.5) is 0 Å². The van der Waals surface area contributed by atoms with Crippen LogP contribution in [0.2, 0.25) is 0 Å². The minimum Gasteiger partial charge on any atom is -1.00 e. The van der Waals surface area contributed by atoms with E-state index in [0.29, 0.717) is 46.5 Å². The third-order valence-electron chi connectivity index (χ3n) is 14.5. The van der Waals surface area contributed by atoms with Crippen LogP contribution < -0.4 is 21.5 Å². The molecule has 0 amide bonds. The summed E-state index contributed by atoms with van der Waals surface area (Å²) in [5, 5.41) is 21.9. The summed E-state index contributed by atoms with van der Waals surface area (Å²) in [6, 6.07) is 0. The first-order valence-corrected chi connectivity index (χ1v) is 15.7. The number of halogens is 1. The van der Waals surface area contributed by atoms with Gasteiger partial charge in [-0.1, -0.05) is 41.2 Å². The predicted molar refractivity (Wildman–Crippen MR) is 151 cm³/mol. The van der Waals surface area contributed by atoms with Gasteiger partial charge in [-0.25, -0.2) is 0 Å². The quantitative estimate of drug-likeness (QED) is 0.411. The SMILES string of the molecule is C=C(C[n+]1ccncc1)[C@@H]1CC[C@]2(CO)CC[C@]3(C)C(CCC4[C@@]5(C)CC[C@H](O)C(C)(C)C5CC[C@]43C)C12.[Br-]. The summed E-state index contributed by atoms with van der Waals surface area (Å²) in [6.07, 6.45) is 19.7. The van der Waals surface area contributed by atoms with Crippen LogP contribution in [-0.2, 0) is 6.54 Å². The van der Waals surface area contributed by atoms with Gasteiger partial charge in [-0.05, 0) is 126 Å². The molecule has 0 saturated heterocycles. The summed E-state index contributed by atoms with van der Waals surface area (Å²) in [4.78, 5) is 4.20. The molecule has 1 heterocycles. The number of hydrogen-bond acceptors (Lipinski definition) is 3. The summed E-state index contributed by atoms with van der Waals surface area (Å²) in [7, 11) is 0. The van der Waals surface area contributed by atoms with Crippen LogP contribution in [0.1, 0.15) is 98.8 Å². The lowest BCUT2D eigenvalue weighted by Gasteiger charge is -2.73. The lowest BCUT2D eigenvalue weighted by atomic mass is 9.32. The Bertz CT molecular complexity index is 1080. The Labute approximate surface area is 247 Å². The highest BCUT2D eigenvalue weighted by atomic mass is 79.9. The average Bonchev–Trinajstić information content (AvgIpc) is 3.28. The van der Waals surface area contributed by atoms with Gasteiger partial charge in [-0.2, -0.15) is 4.57 Å². The van der Waals surface area contributed by atoms with Crippen molar-refractivity contribution in [1.82, 2.24) is 4.98 Å². The maximum absolute atomic E-state index is 11.0. The minimum absolute atomic E-state index is 0. The van der Waals surface area contributed by atoms with Gasteiger partial charge in [0, 0.05) is 6.61 Å². The average molecular weight is 602 g/mol. The number of hydrogen-bond donors (Lipinski definition) is 2. The zero-order valence-electron chi connectivity index (χ0n) is 25.1. The van der Waals surface area contributed by atoms with Crippen molar-refractivity contribution in [1.29, 1.82) is 0 Å². The van der Waals surface area contributed by atoms with Gasteiger partial charge in [-0.3, -0.25) is 4.98 Å². The standard InChI is InChI=1S/C34H53N2O2.BrH/c1-23(21-36-19-17-35-18-20-36)24-9-14-34(22-37)16-15-32(5)25(29(24)34)7-8-27-31(4)12-11-28(38)30(2,3)26(31)10-13-33(27,32)6;/h17-20,24-29,37-38H,1,7-16,21-22H2,2-6H3;1H/q+1;/p-1/t24-,25?,26?,27?,28-,29?,31-,32+,33+,34+;/m0./s1. The number of aliphatic hydroxyl groups excluding tert-OH is 2. The van der Waals surface area contributed by atoms with E-state index in [1.165, 1.54) is 56.9 Å². The first kappa shape index (κ1) is 29.7. The van der Waals surface area contributed by atoms with Crippen molar-refractivity contribution in [3.63, 3.8) is 0 Å². The maximum atomic E-state index is 11.0.